The van der Waals surface area contributed by atoms with Crippen LogP contribution in [0.2, 0.25) is 0 Å². The average molecular weight is 342 g/mol. The summed E-state index contributed by atoms with van der Waals surface area (Å²) in [4.78, 5) is 23.7. The SMILES string of the molecule is Cc1nc(-c2ccc(NC3CC(C)(C)OC3(C)C)nc2)[nH]c(=O)c1C. The Bertz CT molecular complexity index is 837. The third-order valence-corrected chi connectivity index (χ3v) is 4.83. The van der Waals surface area contributed by atoms with Crippen molar-refractivity contribution in [3.63, 3.8) is 0 Å². The first-order valence-corrected chi connectivity index (χ1v) is 8.58. The molecule has 3 rings (SSSR count). The second-order valence-corrected chi connectivity index (χ2v) is 7.92. The fourth-order valence-electron chi connectivity index (χ4n) is 3.37. The van der Waals surface area contributed by atoms with E-state index in [0.717, 1.165) is 23.5 Å². The summed E-state index contributed by atoms with van der Waals surface area (Å²) < 4.78 is 6.11. The van der Waals surface area contributed by atoms with Crippen molar-refractivity contribution in [3.05, 3.63) is 39.9 Å². The first-order chi connectivity index (χ1) is 11.6. The highest BCUT2D eigenvalue weighted by molar-refractivity contribution is 5.56. The Morgan fingerprint density at radius 2 is 1.96 bits per heavy atom. The van der Waals surface area contributed by atoms with Gasteiger partial charge in [-0.2, -0.15) is 0 Å². The van der Waals surface area contributed by atoms with Gasteiger partial charge in [-0.05, 0) is 60.1 Å². The van der Waals surface area contributed by atoms with Gasteiger partial charge in [0.15, 0.2) is 0 Å². The van der Waals surface area contributed by atoms with Gasteiger partial charge in [-0.25, -0.2) is 9.97 Å². The van der Waals surface area contributed by atoms with Crippen LogP contribution in [-0.2, 0) is 4.74 Å². The van der Waals surface area contributed by atoms with E-state index in [1.807, 2.05) is 19.1 Å². The molecule has 2 aromatic rings. The van der Waals surface area contributed by atoms with Gasteiger partial charge >= 0.3 is 0 Å². The maximum Gasteiger partial charge on any atom is 0.254 e. The largest absolute Gasteiger partial charge is 0.367 e. The average Bonchev–Trinajstić information content (AvgIpc) is 2.72. The van der Waals surface area contributed by atoms with E-state index in [0.29, 0.717) is 11.4 Å². The monoisotopic (exact) mass is 342 g/mol. The quantitative estimate of drug-likeness (QED) is 0.895. The van der Waals surface area contributed by atoms with Crippen LogP contribution in [0, 0.1) is 13.8 Å². The molecular weight excluding hydrogens is 316 g/mol. The molecule has 0 spiro atoms. The molecule has 2 aromatic heterocycles. The molecule has 0 bridgehead atoms. The smallest absolute Gasteiger partial charge is 0.254 e. The van der Waals surface area contributed by atoms with Crippen LogP contribution in [0.1, 0.15) is 45.4 Å². The number of hydrogen-bond acceptors (Lipinski definition) is 5. The number of hydrogen-bond donors (Lipinski definition) is 2. The Hall–Kier alpha value is -2.21. The normalized spacial score (nSPS) is 21.3. The standard InChI is InChI=1S/C19H26N4O2/c1-11-12(2)21-16(23-17(11)24)13-7-8-15(20-10-13)22-14-9-18(3,4)25-19(14,5)6/h7-8,10,14H,9H2,1-6H3,(H,20,22)(H,21,23,24). The van der Waals surface area contributed by atoms with E-state index in [1.54, 1.807) is 13.1 Å². The van der Waals surface area contributed by atoms with Gasteiger partial charge in [-0.15, -0.1) is 0 Å². The summed E-state index contributed by atoms with van der Waals surface area (Å²) in [6, 6.07) is 4.00. The molecule has 1 unspecified atom stereocenters. The number of pyridine rings is 1. The molecular formula is C19H26N4O2. The van der Waals surface area contributed by atoms with E-state index >= 15 is 0 Å². The second kappa shape index (κ2) is 5.95. The van der Waals surface area contributed by atoms with Crippen molar-refractivity contribution in [2.24, 2.45) is 0 Å². The van der Waals surface area contributed by atoms with Crippen molar-refractivity contribution in [1.82, 2.24) is 15.0 Å². The topological polar surface area (TPSA) is 79.9 Å². The van der Waals surface area contributed by atoms with E-state index in [4.69, 9.17) is 4.74 Å². The number of aromatic amines is 1. The van der Waals surface area contributed by atoms with Crippen molar-refractivity contribution in [2.45, 2.75) is 65.2 Å². The molecule has 6 nitrogen and oxygen atoms in total. The summed E-state index contributed by atoms with van der Waals surface area (Å²) in [6.07, 6.45) is 2.64. The first kappa shape index (κ1) is 17.6. The number of aryl methyl sites for hydroxylation is 1. The highest BCUT2D eigenvalue weighted by Gasteiger charge is 2.45. The number of anilines is 1. The van der Waals surface area contributed by atoms with Crippen LogP contribution in [-0.4, -0.2) is 32.2 Å². The molecule has 1 saturated heterocycles. The third-order valence-electron chi connectivity index (χ3n) is 4.83. The van der Waals surface area contributed by atoms with E-state index in [-0.39, 0.29) is 22.8 Å². The lowest BCUT2D eigenvalue weighted by Crippen LogP contribution is -2.38. The lowest BCUT2D eigenvalue weighted by Gasteiger charge is -2.28. The van der Waals surface area contributed by atoms with Crippen LogP contribution in [0.4, 0.5) is 5.82 Å². The minimum Gasteiger partial charge on any atom is -0.367 e. The number of ether oxygens (including phenoxy) is 1. The Morgan fingerprint density at radius 3 is 2.48 bits per heavy atom. The summed E-state index contributed by atoms with van der Waals surface area (Å²) in [5.41, 5.74) is 1.63. The summed E-state index contributed by atoms with van der Waals surface area (Å²) in [7, 11) is 0. The molecule has 1 fully saturated rings. The zero-order valence-corrected chi connectivity index (χ0v) is 15.7. The van der Waals surface area contributed by atoms with Crippen molar-refractivity contribution in [3.8, 4) is 11.4 Å². The van der Waals surface area contributed by atoms with Crippen LogP contribution < -0.4 is 10.9 Å². The number of aromatic nitrogens is 3. The van der Waals surface area contributed by atoms with Gasteiger partial charge in [-0.1, -0.05) is 0 Å². The van der Waals surface area contributed by atoms with Gasteiger partial charge < -0.3 is 15.0 Å². The van der Waals surface area contributed by atoms with Gasteiger partial charge in [0.2, 0.25) is 0 Å². The molecule has 2 N–H and O–H groups in total. The second-order valence-electron chi connectivity index (χ2n) is 7.92. The molecule has 6 heteroatoms. The van der Waals surface area contributed by atoms with Gasteiger partial charge in [0.05, 0.1) is 17.2 Å². The predicted octanol–water partition coefficient (Wildman–Crippen LogP) is 3.21. The number of nitrogens with one attached hydrogen (secondary N) is 2. The summed E-state index contributed by atoms with van der Waals surface area (Å²) >= 11 is 0. The minimum absolute atomic E-state index is 0.114. The fraction of sp³-hybridized carbons (Fsp3) is 0.526. The van der Waals surface area contributed by atoms with Crippen molar-refractivity contribution >= 4 is 5.82 Å². The van der Waals surface area contributed by atoms with Crippen LogP contribution in [0.3, 0.4) is 0 Å². The molecule has 0 aliphatic carbocycles. The Morgan fingerprint density at radius 1 is 1.24 bits per heavy atom. The Balaban J connectivity index is 1.81. The molecule has 0 aromatic carbocycles. The number of nitrogens with zero attached hydrogens (tertiary/aromatic N) is 2. The van der Waals surface area contributed by atoms with Crippen LogP contribution in [0.15, 0.2) is 23.1 Å². The lowest BCUT2D eigenvalue weighted by molar-refractivity contribution is -0.0662. The fourth-order valence-corrected chi connectivity index (χ4v) is 3.37. The third kappa shape index (κ3) is 3.58. The summed E-state index contributed by atoms with van der Waals surface area (Å²) in [5, 5.41) is 3.47. The first-order valence-electron chi connectivity index (χ1n) is 8.58. The van der Waals surface area contributed by atoms with E-state index < -0.39 is 0 Å². The van der Waals surface area contributed by atoms with Crippen molar-refractivity contribution < 1.29 is 4.74 Å². The van der Waals surface area contributed by atoms with Crippen LogP contribution in [0.25, 0.3) is 11.4 Å². The van der Waals surface area contributed by atoms with Gasteiger partial charge in [0, 0.05) is 23.0 Å². The predicted molar refractivity (Wildman–Crippen MR) is 98.8 cm³/mol. The van der Waals surface area contributed by atoms with Crippen LogP contribution >= 0.6 is 0 Å². The van der Waals surface area contributed by atoms with Crippen molar-refractivity contribution in [2.75, 3.05) is 5.32 Å². The van der Waals surface area contributed by atoms with E-state index in [2.05, 4.69) is 48.0 Å². The van der Waals surface area contributed by atoms with Gasteiger partial charge in [-0.3, -0.25) is 4.79 Å². The van der Waals surface area contributed by atoms with E-state index in [9.17, 15) is 4.79 Å². The van der Waals surface area contributed by atoms with E-state index in [1.165, 1.54) is 0 Å². The van der Waals surface area contributed by atoms with Crippen LogP contribution in [0.5, 0.6) is 0 Å². The lowest BCUT2D eigenvalue weighted by atomic mass is 9.94. The highest BCUT2D eigenvalue weighted by Crippen LogP contribution is 2.38. The zero-order valence-electron chi connectivity index (χ0n) is 15.7. The van der Waals surface area contributed by atoms with Crippen molar-refractivity contribution in [1.29, 1.82) is 0 Å². The molecule has 3 heterocycles. The summed E-state index contributed by atoms with van der Waals surface area (Å²) in [5.74, 6) is 1.33. The molecule has 1 aliphatic rings. The Labute approximate surface area is 148 Å². The van der Waals surface area contributed by atoms with Gasteiger partial charge in [0.1, 0.15) is 11.6 Å². The zero-order chi connectivity index (χ0) is 18.4. The number of H-pyrrole nitrogens is 1. The molecule has 0 amide bonds. The maximum atomic E-state index is 11.9. The highest BCUT2D eigenvalue weighted by atomic mass is 16.5. The molecule has 1 aliphatic heterocycles. The molecule has 1 atom stereocenters. The minimum atomic E-state index is -0.259. The summed E-state index contributed by atoms with van der Waals surface area (Å²) in [6.45, 7) is 12.0. The molecule has 0 saturated carbocycles. The maximum absolute atomic E-state index is 11.9. The molecule has 25 heavy (non-hydrogen) atoms. The Kier molecular flexibility index (Phi) is 4.19. The van der Waals surface area contributed by atoms with Gasteiger partial charge in [0.25, 0.3) is 5.56 Å². The molecule has 0 radical (unpaired) electrons. The molecule has 134 valence electrons. The number of rotatable bonds is 3.